The fraction of sp³-hybridized carbons (Fsp3) is 1.00. The number of ether oxygens (including phenoxy) is 3. The van der Waals surface area contributed by atoms with Crippen LogP contribution in [0.1, 0.15) is 0 Å². The first-order chi connectivity index (χ1) is 10.8. The van der Waals surface area contributed by atoms with E-state index < -0.39 is 74.7 Å². The maximum atomic E-state index is 13.8. The minimum Gasteiger partial charge on any atom is -0.394 e. The minimum atomic E-state index is -2.07. The lowest BCUT2D eigenvalue weighted by atomic mass is 9.99. The van der Waals surface area contributed by atoms with Gasteiger partial charge in [-0.25, -0.2) is 4.39 Å². The molecule has 0 spiro atoms. The number of halogens is 1. The van der Waals surface area contributed by atoms with Crippen LogP contribution in [0.2, 0.25) is 0 Å². The summed E-state index contributed by atoms with van der Waals surface area (Å²) in [5.41, 5.74) is 0. The Hall–Kier alpha value is -0.470. The summed E-state index contributed by atoms with van der Waals surface area (Å²) in [4.78, 5) is 0. The summed E-state index contributed by atoms with van der Waals surface area (Å²) in [6.45, 7) is -1.25. The van der Waals surface area contributed by atoms with E-state index in [0.29, 0.717) is 0 Å². The Morgan fingerprint density at radius 3 is 2.04 bits per heavy atom. The third kappa shape index (κ3) is 3.79. The van der Waals surface area contributed by atoms with Crippen molar-refractivity contribution in [3.63, 3.8) is 0 Å². The van der Waals surface area contributed by atoms with Crippen molar-refractivity contribution in [3.05, 3.63) is 0 Å². The maximum Gasteiger partial charge on any atom is 0.186 e. The van der Waals surface area contributed by atoms with Gasteiger partial charge in [-0.15, -0.1) is 0 Å². The molecular weight excluding hydrogens is 323 g/mol. The molecule has 23 heavy (non-hydrogen) atoms. The molecule has 0 radical (unpaired) electrons. The summed E-state index contributed by atoms with van der Waals surface area (Å²) in [5, 5.41) is 66.0. The number of aliphatic hydroxyl groups is 7. The third-order valence-electron chi connectivity index (χ3n) is 3.91. The molecular formula is C12H21FO10. The van der Waals surface area contributed by atoms with Crippen LogP contribution in [-0.4, -0.2) is 110 Å². The molecule has 10 nitrogen and oxygen atoms in total. The highest BCUT2D eigenvalue weighted by atomic mass is 19.1. The molecule has 1 unspecified atom stereocenters. The summed E-state index contributed by atoms with van der Waals surface area (Å²) in [7, 11) is 0. The lowest BCUT2D eigenvalue weighted by molar-refractivity contribution is -0.321. The van der Waals surface area contributed by atoms with Crippen molar-refractivity contribution >= 4 is 0 Å². The highest BCUT2D eigenvalue weighted by molar-refractivity contribution is 4.91. The summed E-state index contributed by atoms with van der Waals surface area (Å²) in [5.74, 6) is 0. The highest BCUT2D eigenvalue weighted by Crippen LogP contribution is 2.25. The Balaban J connectivity index is 1.94. The summed E-state index contributed by atoms with van der Waals surface area (Å²) >= 11 is 0. The highest BCUT2D eigenvalue weighted by Gasteiger charge is 2.47. The first-order valence-electron chi connectivity index (χ1n) is 7.03. The zero-order valence-electron chi connectivity index (χ0n) is 11.9. The molecule has 0 aromatic carbocycles. The quantitative estimate of drug-likeness (QED) is 0.264. The SMILES string of the molecule is OC[C@H]1O[C@@H](OC[C@H]2OC(O)[C@H](O)[C@@H](O)[C@H]2F)[C@H](O)[C@@H](O)[C@H]1O. The van der Waals surface area contributed by atoms with Gasteiger partial charge in [-0.1, -0.05) is 0 Å². The third-order valence-corrected chi connectivity index (χ3v) is 3.91. The molecule has 2 rings (SSSR count). The number of alkyl halides is 1. The fourth-order valence-electron chi connectivity index (χ4n) is 2.44. The van der Waals surface area contributed by atoms with Gasteiger partial charge in [-0.05, 0) is 0 Å². The van der Waals surface area contributed by atoms with Crippen molar-refractivity contribution < 1.29 is 54.3 Å². The van der Waals surface area contributed by atoms with Gasteiger partial charge in [-0.2, -0.15) is 0 Å². The molecule has 0 aromatic rings. The Labute approximate surface area is 130 Å². The van der Waals surface area contributed by atoms with Crippen LogP contribution in [0.15, 0.2) is 0 Å². The van der Waals surface area contributed by atoms with Gasteiger partial charge in [0.1, 0.15) is 42.7 Å². The van der Waals surface area contributed by atoms with E-state index in [1.165, 1.54) is 0 Å². The van der Waals surface area contributed by atoms with Crippen LogP contribution in [0.5, 0.6) is 0 Å². The monoisotopic (exact) mass is 344 g/mol. The van der Waals surface area contributed by atoms with Gasteiger partial charge in [0, 0.05) is 0 Å². The van der Waals surface area contributed by atoms with E-state index >= 15 is 0 Å². The van der Waals surface area contributed by atoms with Gasteiger partial charge in [-0.3, -0.25) is 0 Å². The number of rotatable bonds is 4. The van der Waals surface area contributed by atoms with Crippen molar-refractivity contribution in [3.8, 4) is 0 Å². The lowest BCUT2D eigenvalue weighted by Gasteiger charge is -2.41. The Bertz CT molecular complexity index is 385. The van der Waals surface area contributed by atoms with E-state index in [2.05, 4.69) is 0 Å². The van der Waals surface area contributed by atoms with Crippen LogP contribution in [0.4, 0.5) is 4.39 Å². The first-order valence-corrected chi connectivity index (χ1v) is 7.03. The standard InChI is InChI=1S/C12H21FO10/c13-5-4(22-11(20)9(18)7(5)16)2-21-12-10(19)8(17)6(15)3(1-14)23-12/h3-12,14-20H,1-2H2/t3-,4-,5+,6+,7+,8+,9-,10-,11?,12-/m1/s1. The molecule has 0 aliphatic carbocycles. The molecule has 7 N–H and O–H groups in total. The van der Waals surface area contributed by atoms with Crippen molar-refractivity contribution in [1.82, 2.24) is 0 Å². The number of aliphatic hydroxyl groups excluding tert-OH is 7. The average molecular weight is 344 g/mol. The zero-order chi connectivity index (χ0) is 17.3. The smallest absolute Gasteiger partial charge is 0.186 e. The zero-order valence-corrected chi connectivity index (χ0v) is 11.9. The second-order valence-corrected chi connectivity index (χ2v) is 5.52. The van der Waals surface area contributed by atoms with Crippen molar-refractivity contribution in [2.45, 2.75) is 61.5 Å². The van der Waals surface area contributed by atoms with Gasteiger partial charge in [0.15, 0.2) is 18.8 Å². The molecule has 10 atom stereocenters. The van der Waals surface area contributed by atoms with Gasteiger partial charge >= 0.3 is 0 Å². The predicted octanol–water partition coefficient (Wildman–Crippen LogP) is -4.42. The van der Waals surface area contributed by atoms with Gasteiger partial charge in [0.25, 0.3) is 0 Å². The lowest BCUT2D eigenvalue weighted by Crippen LogP contribution is -2.60. The van der Waals surface area contributed by atoms with Gasteiger partial charge in [0.05, 0.1) is 13.2 Å². The van der Waals surface area contributed by atoms with E-state index in [1.54, 1.807) is 0 Å². The van der Waals surface area contributed by atoms with Crippen LogP contribution in [-0.2, 0) is 14.2 Å². The van der Waals surface area contributed by atoms with E-state index in [1.807, 2.05) is 0 Å². The van der Waals surface area contributed by atoms with E-state index in [4.69, 9.17) is 19.3 Å². The van der Waals surface area contributed by atoms with Gasteiger partial charge < -0.3 is 50.0 Å². The topological polar surface area (TPSA) is 169 Å². The average Bonchev–Trinajstić information content (AvgIpc) is 2.54. The Kier molecular flexibility index (Phi) is 6.24. The largest absolute Gasteiger partial charge is 0.394 e. The van der Waals surface area contributed by atoms with Gasteiger partial charge in [0.2, 0.25) is 0 Å². The molecule has 2 aliphatic rings. The predicted molar refractivity (Wildman–Crippen MR) is 67.5 cm³/mol. The van der Waals surface area contributed by atoms with Crippen LogP contribution in [0.3, 0.4) is 0 Å². The van der Waals surface area contributed by atoms with E-state index in [-0.39, 0.29) is 0 Å². The molecule has 2 aliphatic heterocycles. The van der Waals surface area contributed by atoms with Crippen LogP contribution >= 0.6 is 0 Å². The van der Waals surface area contributed by atoms with Crippen LogP contribution in [0, 0.1) is 0 Å². The Morgan fingerprint density at radius 2 is 1.43 bits per heavy atom. The number of hydrogen-bond donors (Lipinski definition) is 7. The normalized spacial score (nSPS) is 51.7. The summed E-state index contributed by atoms with van der Waals surface area (Å²) in [6.07, 6.45) is -16.6. The second-order valence-electron chi connectivity index (χ2n) is 5.52. The number of hydrogen-bond acceptors (Lipinski definition) is 10. The summed E-state index contributed by atoms with van der Waals surface area (Å²) in [6, 6.07) is 0. The molecule has 2 fully saturated rings. The van der Waals surface area contributed by atoms with Crippen molar-refractivity contribution in [2.75, 3.05) is 13.2 Å². The molecule has 0 bridgehead atoms. The van der Waals surface area contributed by atoms with Crippen molar-refractivity contribution in [2.24, 2.45) is 0 Å². The maximum absolute atomic E-state index is 13.8. The molecule has 0 aromatic heterocycles. The fourth-order valence-corrected chi connectivity index (χ4v) is 2.44. The van der Waals surface area contributed by atoms with E-state index in [9.17, 15) is 35.0 Å². The molecule has 2 heterocycles. The minimum absolute atomic E-state index is 0.593. The molecule has 2 saturated heterocycles. The second kappa shape index (κ2) is 7.61. The Morgan fingerprint density at radius 1 is 0.783 bits per heavy atom. The molecule has 0 amide bonds. The summed E-state index contributed by atoms with van der Waals surface area (Å²) < 4.78 is 28.7. The van der Waals surface area contributed by atoms with Crippen LogP contribution < -0.4 is 0 Å². The first kappa shape index (κ1) is 18.9. The molecule has 0 saturated carbocycles. The van der Waals surface area contributed by atoms with Crippen LogP contribution in [0.25, 0.3) is 0 Å². The molecule has 11 heteroatoms. The molecule has 136 valence electrons. The van der Waals surface area contributed by atoms with Crippen molar-refractivity contribution in [1.29, 1.82) is 0 Å². The van der Waals surface area contributed by atoms with E-state index in [0.717, 1.165) is 0 Å².